The average Bonchev–Trinajstić information content (AvgIpc) is 3.60. The van der Waals surface area contributed by atoms with E-state index in [-0.39, 0.29) is 51.9 Å². The van der Waals surface area contributed by atoms with E-state index in [1.807, 2.05) is 0 Å². The Labute approximate surface area is 298 Å². The zero-order chi connectivity index (χ0) is 44.2. The molecule has 0 saturated carbocycles. The molecule has 0 N–H and O–H groups in total. The molecule has 4 aromatic rings. The highest BCUT2D eigenvalue weighted by Crippen LogP contribution is 2.32. The van der Waals surface area contributed by atoms with Gasteiger partial charge in [-0.2, -0.15) is 18.2 Å². The van der Waals surface area contributed by atoms with Crippen LogP contribution in [0.15, 0.2) is 76.6 Å². The third-order valence-corrected chi connectivity index (χ3v) is 8.53. The van der Waals surface area contributed by atoms with E-state index in [0.29, 0.717) is 18.2 Å². The summed E-state index contributed by atoms with van der Waals surface area (Å²) in [6.07, 6.45) is -4.01. The van der Waals surface area contributed by atoms with E-state index in [0.717, 1.165) is 76.7 Å². The SMILES string of the molecule is [2H]c1c([2H])c(-c2ccc(C(F)(F)F)cc2)c(C)c([2H])c1CN(CCN(C([2H])([2H])C)C([2H])([2H])C)C(=O)C([2H])([2H])n1c(SC([2H])([2H])c2ccc(F)cc2)nc(=O)c2c1CCC2. The number of benzene rings is 3. The summed E-state index contributed by atoms with van der Waals surface area (Å²) >= 11 is 0.304. The van der Waals surface area contributed by atoms with Gasteiger partial charge in [-0.25, -0.2) is 4.39 Å². The first-order valence-corrected chi connectivity index (χ1v) is 15.8. The minimum atomic E-state index is -4.65. The predicted octanol–water partition coefficient (Wildman–Crippen LogP) is 7.53. The first kappa shape index (κ1) is 23.4. The number of likely N-dealkylation sites (N-methyl/N-ethyl adjacent to an activating group) is 1. The van der Waals surface area contributed by atoms with Crippen LogP contribution in [-0.4, -0.2) is 51.3 Å². The maximum atomic E-state index is 14.8. The summed E-state index contributed by atoms with van der Waals surface area (Å²) in [6, 6.07) is 6.61. The summed E-state index contributed by atoms with van der Waals surface area (Å²) in [7, 11) is 0. The van der Waals surface area contributed by atoms with Crippen LogP contribution >= 0.6 is 11.8 Å². The Balaban J connectivity index is 1.65. The molecule has 3 aromatic carbocycles. The quantitative estimate of drug-likeness (QED) is 0.0825. The van der Waals surface area contributed by atoms with Gasteiger partial charge in [0.1, 0.15) is 12.3 Å². The van der Waals surface area contributed by atoms with Crippen LogP contribution in [0.3, 0.4) is 0 Å². The number of hydrogen-bond donors (Lipinski definition) is 0. The summed E-state index contributed by atoms with van der Waals surface area (Å²) in [5.41, 5.74) is -4.21. The molecule has 0 aliphatic heterocycles. The van der Waals surface area contributed by atoms with Crippen LogP contribution in [0, 0.1) is 12.7 Å². The lowest BCUT2D eigenvalue weighted by Crippen LogP contribution is -2.40. The number of rotatable bonds is 13. The van der Waals surface area contributed by atoms with Crippen molar-refractivity contribution in [3.63, 3.8) is 0 Å². The molecule has 11 heteroatoms. The first-order valence-electron chi connectivity index (χ1n) is 20.5. The Kier molecular flexibility index (Phi) is 7.56. The topological polar surface area (TPSA) is 58.4 Å². The van der Waals surface area contributed by atoms with Crippen molar-refractivity contribution < 1.29 is 37.4 Å². The molecule has 1 aliphatic carbocycles. The van der Waals surface area contributed by atoms with Crippen LogP contribution < -0.4 is 5.56 Å². The predicted molar refractivity (Wildman–Crippen MR) is 181 cm³/mol. The number of fused-ring (bicyclic) bond motifs is 1. The van der Waals surface area contributed by atoms with Crippen molar-refractivity contribution in [1.82, 2.24) is 19.4 Å². The van der Waals surface area contributed by atoms with E-state index in [1.165, 1.54) is 6.92 Å². The Morgan fingerprint density at radius 3 is 2.40 bits per heavy atom. The van der Waals surface area contributed by atoms with Gasteiger partial charge in [0.05, 0.1) is 12.4 Å². The molecule has 0 bridgehead atoms. The van der Waals surface area contributed by atoms with Crippen LogP contribution in [0.1, 0.15) is 68.9 Å². The molecule has 5 rings (SSSR count). The summed E-state index contributed by atoms with van der Waals surface area (Å²) in [6.45, 7) is -6.21. The Bertz CT molecular complexity index is 2260. The number of aromatic nitrogens is 2. The second-order valence-electron chi connectivity index (χ2n) is 10.9. The van der Waals surface area contributed by atoms with E-state index in [4.69, 9.17) is 12.3 Å². The van der Waals surface area contributed by atoms with Crippen LogP contribution in [0.2, 0.25) is 0 Å². The number of nitrogens with zero attached hydrogens (tertiary/aromatic N) is 4. The number of carbonyl (C=O) groups excluding carboxylic acids is 1. The first-order chi connectivity index (χ1) is 27.1. The summed E-state index contributed by atoms with van der Waals surface area (Å²) in [4.78, 5) is 33.6. The lowest BCUT2D eigenvalue weighted by molar-refractivity contribution is -0.137. The standard InChI is InChI=1S/C37H40F4N4O2S/c1-4-43(5-2)19-20-44(22-27-11-18-31(25(3)21-27)28-12-14-29(15-13-28)37(39,40)41)34(46)23-45-33-8-6-7-32(33)35(47)42-36(45)48-24-26-9-16-30(38)17-10-26/h9-18,21H,4-8,19-20,22-24H2,1-3H3/i4D2,5D2,11D,18D,21D,23D2,24D2. The number of halogens is 4. The molecule has 6 nitrogen and oxygen atoms in total. The van der Waals surface area contributed by atoms with Gasteiger partial charge in [0.2, 0.25) is 5.91 Å². The molecule has 0 spiro atoms. The van der Waals surface area contributed by atoms with Crippen LogP contribution in [-0.2, 0) is 42.6 Å². The highest BCUT2D eigenvalue weighted by Gasteiger charge is 2.30. The molecule has 0 unspecified atom stereocenters. The highest BCUT2D eigenvalue weighted by atomic mass is 32.2. The van der Waals surface area contributed by atoms with E-state index in [1.54, 1.807) is 0 Å². The minimum Gasteiger partial charge on any atom is -0.336 e. The largest absolute Gasteiger partial charge is 0.416 e. The molecule has 1 aliphatic rings. The summed E-state index contributed by atoms with van der Waals surface area (Å²) < 4.78 is 151. The smallest absolute Gasteiger partial charge is 0.336 e. The fourth-order valence-corrected chi connectivity index (χ4v) is 5.96. The molecule has 0 fully saturated rings. The number of alkyl halides is 3. The number of thioether (sulfide) groups is 1. The number of amides is 1. The fourth-order valence-electron chi connectivity index (χ4n) is 5.24. The minimum absolute atomic E-state index is 0.0257. The maximum Gasteiger partial charge on any atom is 0.416 e. The highest BCUT2D eigenvalue weighted by molar-refractivity contribution is 7.98. The van der Waals surface area contributed by atoms with Gasteiger partial charge < -0.3 is 14.4 Å². The lowest BCUT2D eigenvalue weighted by Gasteiger charge is -2.28. The summed E-state index contributed by atoms with van der Waals surface area (Å²) in [5.74, 6) is -2.03. The van der Waals surface area contributed by atoms with Gasteiger partial charge in [0, 0.05) is 44.8 Å². The van der Waals surface area contributed by atoms with Crippen LogP contribution in [0.5, 0.6) is 0 Å². The summed E-state index contributed by atoms with van der Waals surface area (Å²) in [5, 5.41) is -0.535. The third kappa shape index (κ3) is 8.54. The zero-order valence-electron chi connectivity index (χ0n) is 37.4. The van der Waals surface area contributed by atoms with Gasteiger partial charge in [-0.05, 0) is 91.3 Å². The van der Waals surface area contributed by atoms with Gasteiger partial charge in [-0.3, -0.25) is 9.59 Å². The van der Waals surface area contributed by atoms with Crippen molar-refractivity contribution in [2.24, 2.45) is 0 Å². The Hall–Kier alpha value is -3.96. The number of hydrogen-bond acceptors (Lipinski definition) is 5. The van der Waals surface area contributed by atoms with E-state index >= 15 is 0 Å². The van der Waals surface area contributed by atoms with E-state index in [2.05, 4.69) is 4.98 Å². The molecule has 254 valence electrons. The molecule has 1 aromatic heterocycles. The van der Waals surface area contributed by atoms with Gasteiger partial charge in [-0.1, -0.05) is 68.0 Å². The molecule has 0 saturated heterocycles. The van der Waals surface area contributed by atoms with Gasteiger partial charge in [0.15, 0.2) is 5.16 Å². The van der Waals surface area contributed by atoms with Crippen molar-refractivity contribution in [3.05, 3.63) is 116 Å². The molecule has 0 atom stereocenters. The Morgan fingerprint density at radius 2 is 1.73 bits per heavy atom. The molecule has 48 heavy (non-hydrogen) atoms. The normalized spacial score (nSPS) is 17.4. The van der Waals surface area contributed by atoms with Crippen molar-refractivity contribution >= 4 is 17.7 Å². The lowest BCUT2D eigenvalue weighted by atomic mass is 9.97. The van der Waals surface area contributed by atoms with Gasteiger partial charge in [0.25, 0.3) is 5.56 Å². The van der Waals surface area contributed by atoms with Gasteiger partial charge >= 0.3 is 6.18 Å². The second-order valence-corrected chi connectivity index (χ2v) is 11.7. The van der Waals surface area contributed by atoms with Crippen LogP contribution in [0.4, 0.5) is 17.6 Å². The molecular weight excluding hydrogens is 640 g/mol. The van der Waals surface area contributed by atoms with E-state index in [9.17, 15) is 29.9 Å². The van der Waals surface area contributed by atoms with E-state index < -0.39 is 97.1 Å². The number of carbonyl (C=O) groups is 1. The van der Waals surface area contributed by atoms with Crippen molar-refractivity contribution in [2.45, 2.75) is 70.1 Å². The second kappa shape index (κ2) is 15.5. The monoisotopic (exact) mass is 691 g/mol. The maximum absolute atomic E-state index is 14.8. The molecular formula is C37H40F4N4O2S. The van der Waals surface area contributed by atoms with Crippen molar-refractivity contribution in [1.29, 1.82) is 0 Å². The van der Waals surface area contributed by atoms with Crippen molar-refractivity contribution in [2.75, 3.05) is 26.1 Å². The third-order valence-electron chi connectivity index (χ3n) is 7.74. The zero-order valence-corrected chi connectivity index (χ0v) is 27.2. The average molecular weight is 692 g/mol. The molecule has 1 heterocycles. The fraction of sp³-hybridized carbons (Fsp3) is 0.378. The van der Waals surface area contributed by atoms with Crippen LogP contribution in [0.25, 0.3) is 11.1 Å². The molecule has 0 radical (unpaired) electrons. The van der Waals surface area contributed by atoms with Gasteiger partial charge in [-0.15, -0.1) is 0 Å². The molecule has 1 amide bonds. The Morgan fingerprint density at radius 1 is 1.02 bits per heavy atom. The van der Waals surface area contributed by atoms with Crippen molar-refractivity contribution in [3.8, 4) is 11.1 Å².